The Morgan fingerprint density at radius 2 is 1.84 bits per heavy atom. The molecule has 0 saturated carbocycles. The average molecular weight is 620 g/mol. The summed E-state index contributed by atoms with van der Waals surface area (Å²) in [5, 5.41) is 15.1. The van der Waals surface area contributed by atoms with E-state index in [1.165, 1.54) is 30.2 Å². The predicted octanol–water partition coefficient (Wildman–Crippen LogP) is 5.11. The van der Waals surface area contributed by atoms with E-state index in [1.54, 1.807) is 38.1 Å². The Morgan fingerprint density at radius 1 is 1.07 bits per heavy atom. The monoisotopic (exact) mass is 619 g/mol. The Kier molecular flexibility index (Phi) is 9.78. The van der Waals surface area contributed by atoms with E-state index in [9.17, 15) is 14.4 Å². The van der Waals surface area contributed by atoms with Gasteiger partial charge in [0.05, 0.1) is 43.2 Å². The number of hydrogen-bond acceptors (Lipinski definition) is 9. The van der Waals surface area contributed by atoms with Gasteiger partial charge in [-0.1, -0.05) is 54.2 Å². The van der Waals surface area contributed by atoms with Crippen LogP contribution in [0.2, 0.25) is 0 Å². The van der Waals surface area contributed by atoms with E-state index in [-0.39, 0.29) is 25.0 Å². The Hall–Kier alpha value is -4.16. The largest absolute Gasteiger partial charge is 0.496 e. The molecule has 2 aromatic heterocycles. The molecule has 10 nitrogen and oxygen atoms in total. The predicted molar refractivity (Wildman–Crippen MR) is 166 cm³/mol. The summed E-state index contributed by atoms with van der Waals surface area (Å²) >= 11 is 2.71. The lowest BCUT2D eigenvalue weighted by Gasteiger charge is -2.15. The topological polar surface area (TPSA) is 124 Å². The lowest BCUT2D eigenvalue weighted by atomic mass is 10.1. The Labute approximate surface area is 258 Å². The highest BCUT2D eigenvalue weighted by Gasteiger charge is 2.30. The number of thioether (sulfide) groups is 1. The van der Waals surface area contributed by atoms with Gasteiger partial charge in [0.1, 0.15) is 10.8 Å². The molecule has 0 saturated heterocycles. The highest BCUT2D eigenvalue weighted by atomic mass is 32.2. The van der Waals surface area contributed by atoms with Gasteiger partial charge in [0.15, 0.2) is 11.0 Å². The molecule has 0 fully saturated rings. The van der Waals surface area contributed by atoms with Gasteiger partial charge in [0.2, 0.25) is 5.91 Å². The summed E-state index contributed by atoms with van der Waals surface area (Å²) in [7, 11) is 1.52. The minimum absolute atomic E-state index is 0.126. The van der Waals surface area contributed by atoms with Crippen molar-refractivity contribution in [3.63, 3.8) is 0 Å². The zero-order valence-electron chi connectivity index (χ0n) is 24.2. The molecule has 2 amide bonds. The number of nitrogens with one attached hydrogen (secondary N) is 2. The molecule has 0 spiro atoms. The standard InChI is InChI=1S/C31H33N5O5S2/c1-4-41-30(39)26-22-14-10-16-24(22)43-29(26)33-27(37)19(2)42-31-35-34-25(36(31)18-20-11-6-5-7-12-20)17-32-28(38)21-13-8-9-15-23(21)40-3/h5-9,11-13,15,19H,4,10,14,16-18H2,1-3H3,(H,32,38)(H,33,37). The summed E-state index contributed by atoms with van der Waals surface area (Å²) in [6.45, 7) is 4.40. The number of benzene rings is 2. The Bertz CT molecular complexity index is 1620. The number of carbonyl (C=O) groups is 3. The molecule has 12 heteroatoms. The van der Waals surface area contributed by atoms with Gasteiger partial charge in [-0.2, -0.15) is 0 Å². The third-order valence-corrected chi connectivity index (χ3v) is 9.31. The molecule has 5 rings (SSSR count). The van der Waals surface area contributed by atoms with Gasteiger partial charge in [-0.25, -0.2) is 4.79 Å². The fourth-order valence-electron chi connectivity index (χ4n) is 4.89. The van der Waals surface area contributed by atoms with Crippen LogP contribution in [-0.2, 0) is 35.5 Å². The first-order valence-electron chi connectivity index (χ1n) is 14.1. The van der Waals surface area contributed by atoms with E-state index in [4.69, 9.17) is 9.47 Å². The molecule has 2 heterocycles. The number of para-hydroxylation sites is 1. The number of esters is 1. The van der Waals surface area contributed by atoms with E-state index in [2.05, 4.69) is 20.8 Å². The fraction of sp³-hybridized carbons (Fsp3) is 0.323. The number of carbonyl (C=O) groups excluding carboxylic acids is 3. The first-order chi connectivity index (χ1) is 20.9. The number of ether oxygens (including phenoxy) is 2. The van der Waals surface area contributed by atoms with E-state index >= 15 is 0 Å². The molecule has 4 aromatic rings. The van der Waals surface area contributed by atoms with Crippen LogP contribution < -0.4 is 15.4 Å². The van der Waals surface area contributed by atoms with Crippen LogP contribution in [-0.4, -0.2) is 51.5 Å². The third-order valence-electron chi connectivity index (χ3n) is 7.02. The minimum atomic E-state index is -0.554. The maximum Gasteiger partial charge on any atom is 0.341 e. The number of thiophene rings is 1. The number of fused-ring (bicyclic) bond motifs is 1. The van der Waals surface area contributed by atoms with Crippen LogP contribution in [0.1, 0.15) is 62.8 Å². The number of methoxy groups -OCH3 is 1. The van der Waals surface area contributed by atoms with Gasteiger partial charge >= 0.3 is 5.97 Å². The van der Waals surface area contributed by atoms with Crippen molar-refractivity contribution in [2.24, 2.45) is 0 Å². The summed E-state index contributed by atoms with van der Waals surface area (Å²) in [5.74, 6) is 0.0648. The Balaban J connectivity index is 1.33. The second-order valence-electron chi connectivity index (χ2n) is 9.88. The Morgan fingerprint density at radius 3 is 2.60 bits per heavy atom. The van der Waals surface area contributed by atoms with Crippen molar-refractivity contribution in [3.05, 3.63) is 87.6 Å². The van der Waals surface area contributed by atoms with Gasteiger partial charge in [0.25, 0.3) is 5.91 Å². The molecule has 1 unspecified atom stereocenters. The van der Waals surface area contributed by atoms with Crippen LogP contribution in [0.5, 0.6) is 5.75 Å². The molecular formula is C31H33N5O5S2. The van der Waals surface area contributed by atoms with Gasteiger partial charge in [-0.3, -0.25) is 9.59 Å². The quantitative estimate of drug-likeness (QED) is 0.166. The second-order valence-corrected chi connectivity index (χ2v) is 12.3. The number of anilines is 1. The highest BCUT2D eigenvalue weighted by Crippen LogP contribution is 2.40. The number of hydrogen-bond donors (Lipinski definition) is 2. The number of nitrogens with zero attached hydrogens (tertiary/aromatic N) is 3. The molecule has 2 N–H and O–H groups in total. The first kappa shape index (κ1) is 30.3. The van der Waals surface area contributed by atoms with Crippen molar-refractivity contribution in [2.45, 2.75) is 56.6 Å². The highest BCUT2D eigenvalue weighted by molar-refractivity contribution is 8.00. The maximum absolute atomic E-state index is 13.4. The van der Waals surface area contributed by atoms with Crippen molar-refractivity contribution in [1.82, 2.24) is 20.1 Å². The summed E-state index contributed by atoms with van der Waals surface area (Å²) in [5.41, 5.74) is 2.90. The molecule has 1 aliphatic rings. The van der Waals surface area contributed by atoms with Gasteiger partial charge in [-0.15, -0.1) is 21.5 Å². The molecule has 1 atom stereocenters. The first-order valence-corrected chi connectivity index (χ1v) is 15.8. The summed E-state index contributed by atoms with van der Waals surface area (Å²) in [6.07, 6.45) is 2.69. The molecule has 43 heavy (non-hydrogen) atoms. The molecule has 1 aliphatic carbocycles. The minimum Gasteiger partial charge on any atom is -0.496 e. The van der Waals surface area contributed by atoms with E-state index in [1.807, 2.05) is 34.9 Å². The van der Waals surface area contributed by atoms with E-state index in [0.29, 0.717) is 39.4 Å². The van der Waals surface area contributed by atoms with Gasteiger partial charge in [0, 0.05) is 4.88 Å². The van der Waals surface area contributed by atoms with Crippen molar-refractivity contribution in [1.29, 1.82) is 0 Å². The lowest BCUT2D eigenvalue weighted by molar-refractivity contribution is -0.115. The zero-order valence-corrected chi connectivity index (χ0v) is 25.8. The van der Waals surface area contributed by atoms with Crippen LogP contribution in [0, 0.1) is 0 Å². The fourth-order valence-corrected chi connectivity index (χ4v) is 7.03. The zero-order chi connectivity index (χ0) is 30.3. The second kappa shape index (κ2) is 13.9. The molecule has 0 bridgehead atoms. The normalized spacial score (nSPS) is 12.8. The summed E-state index contributed by atoms with van der Waals surface area (Å²) in [4.78, 5) is 40.2. The molecule has 0 aliphatic heterocycles. The SMILES string of the molecule is CCOC(=O)c1c(NC(=O)C(C)Sc2nnc(CNC(=O)c3ccccc3OC)n2Cc2ccccc2)sc2c1CCC2. The van der Waals surface area contributed by atoms with Crippen LogP contribution in [0.4, 0.5) is 5.00 Å². The maximum atomic E-state index is 13.4. The van der Waals surface area contributed by atoms with E-state index in [0.717, 1.165) is 35.3 Å². The summed E-state index contributed by atoms with van der Waals surface area (Å²) < 4.78 is 12.5. The van der Waals surface area contributed by atoms with Gasteiger partial charge < -0.3 is 24.7 Å². The number of amides is 2. The molecule has 0 radical (unpaired) electrons. The smallest absolute Gasteiger partial charge is 0.341 e. The van der Waals surface area contributed by atoms with Crippen molar-refractivity contribution >= 4 is 45.9 Å². The summed E-state index contributed by atoms with van der Waals surface area (Å²) in [6, 6.07) is 16.8. The van der Waals surface area contributed by atoms with Crippen molar-refractivity contribution in [3.8, 4) is 5.75 Å². The average Bonchev–Trinajstić information content (AvgIpc) is 3.71. The number of rotatable bonds is 12. The number of aryl methyl sites for hydroxylation is 1. The van der Waals surface area contributed by atoms with Crippen LogP contribution in [0.25, 0.3) is 0 Å². The van der Waals surface area contributed by atoms with Crippen LogP contribution >= 0.6 is 23.1 Å². The van der Waals surface area contributed by atoms with Crippen LogP contribution in [0.3, 0.4) is 0 Å². The van der Waals surface area contributed by atoms with Gasteiger partial charge in [-0.05, 0) is 56.4 Å². The third kappa shape index (κ3) is 6.91. The molecular weight excluding hydrogens is 587 g/mol. The molecule has 224 valence electrons. The van der Waals surface area contributed by atoms with Crippen molar-refractivity contribution < 1.29 is 23.9 Å². The molecule has 2 aromatic carbocycles. The number of aromatic nitrogens is 3. The van der Waals surface area contributed by atoms with Crippen molar-refractivity contribution in [2.75, 3.05) is 19.0 Å². The lowest BCUT2D eigenvalue weighted by Crippen LogP contribution is -2.26. The van der Waals surface area contributed by atoms with Crippen LogP contribution in [0.15, 0.2) is 59.8 Å². The van der Waals surface area contributed by atoms with E-state index < -0.39 is 11.2 Å².